The molecular weight excluding hydrogens is 192 g/mol. The SMILES string of the molecule is CC1CN=C(NC2C(C)(C)C2(C)C)S1. The van der Waals surface area contributed by atoms with Crippen molar-refractivity contribution in [2.75, 3.05) is 6.54 Å². The second-order valence-electron chi connectivity index (χ2n) is 5.60. The topological polar surface area (TPSA) is 24.4 Å². The average molecular weight is 212 g/mol. The van der Waals surface area contributed by atoms with Gasteiger partial charge in [0.2, 0.25) is 0 Å². The predicted molar refractivity (Wildman–Crippen MR) is 63.8 cm³/mol. The van der Waals surface area contributed by atoms with Gasteiger partial charge in [0, 0.05) is 11.3 Å². The summed E-state index contributed by atoms with van der Waals surface area (Å²) < 4.78 is 0. The van der Waals surface area contributed by atoms with E-state index in [-0.39, 0.29) is 0 Å². The van der Waals surface area contributed by atoms with Crippen molar-refractivity contribution in [3.8, 4) is 0 Å². The Kier molecular flexibility index (Phi) is 2.15. The molecule has 0 saturated heterocycles. The van der Waals surface area contributed by atoms with E-state index in [2.05, 4.69) is 44.9 Å². The van der Waals surface area contributed by atoms with Crippen LogP contribution in [-0.2, 0) is 0 Å². The Morgan fingerprint density at radius 2 is 1.86 bits per heavy atom. The number of nitrogens with zero attached hydrogens (tertiary/aromatic N) is 1. The highest BCUT2D eigenvalue weighted by atomic mass is 32.2. The number of hydrogen-bond acceptors (Lipinski definition) is 3. The molecule has 1 saturated carbocycles. The van der Waals surface area contributed by atoms with Crippen LogP contribution in [-0.4, -0.2) is 23.0 Å². The first-order valence-electron chi connectivity index (χ1n) is 5.33. The molecule has 0 bridgehead atoms. The first-order valence-corrected chi connectivity index (χ1v) is 6.21. The van der Waals surface area contributed by atoms with Gasteiger partial charge in [0.15, 0.2) is 5.17 Å². The van der Waals surface area contributed by atoms with Gasteiger partial charge in [-0.25, -0.2) is 0 Å². The molecule has 1 aliphatic carbocycles. The van der Waals surface area contributed by atoms with Crippen molar-refractivity contribution in [3.63, 3.8) is 0 Å². The summed E-state index contributed by atoms with van der Waals surface area (Å²) in [5.41, 5.74) is 0.809. The summed E-state index contributed by atoms with van der Waals surface area (Å²) in [4.78, 5) is 4.50. The third kappa shape index (κ3) is 1.37. The summed E-state index contributed by atoms with van der Waals surface area (Å²) in [5, 5.41) is 5.39. The van der Waals surface area contributed by atoms with Gasteiger partial charge in [-0.15, -0.1) is 0 Å². The molecule has 1 N–H and O–H groups in total. The van der Waals surface area contributed by atoms with E-state index in [0.29, 0.717) is 22.1 Å². The lowest BCUT2D eigenvalue weighted by atomic mass is 10.0. The smallest absolute Gasteiger partial charge is 0.157 e. The minimum Gasteiger partial charge on any atom is -0.361 e. The highest BCUT2D eigenvalue weighted by Gasteiger charge is 2.65. The summed E-state index contributed by atoms with van der Waals surface area (Å²) in [7, 11) is 0. The van der Waals surface area contributed by atoms with Crippen LogP contribution in [0.4, 0.5) is 0 Å². The summed E-state index contributed by atoms with van der Waals surface area (Å²) in [5.74, 6) is 0. The molecule has 1 aliphatic heterocycles. The van der Waals surface area contributed by atoms with Gasteiger partial charge >= 0.3 is 0 Å². The van der Waals surface area contributed by atoms with Crippen LogP contribution in [0.3, 0.4) is 0 Å². The first-order chi connectivity index (χ1) is 6.35. The van der Waals surface area contributed by atoms with E-state index in [1.807, 2.05) is 11.8 Å². The van der Waals surface area contributed by atoms with Crippen LogP contribution in [0.2, 0.25) is 0 Å². The van der Waals surface area contributed by atoms with Gasteiger partial charge in [0.1, 0.15) is 0 Å². The maximum absolute atomic E-state index is 4.50. The van der Waals surface area contributed by atoms with Gasteiger partial charge in [-0.2, -0.15) is 0 Å². The van der Waals surface area contributed by atoms with Crippen molar-refractivity contribution in [1.82, 2.24) is 5.32 Å². The lowest BCUT2D eigenvalue weighted by Gasteiger charge is -2.07. The number of aliphatic imine (C=N–C) groups is 1. The van der Waals surface area contributed by atoms with E-state index in [9.17, 15) is 0 Å². The molecule has 0 spiro atoms. The van der Waals surface area contributed by atoms with Crippen LogP contribution in [0.25, 0.3) is 0 Å². The van der Waals surface area contributed by atoms with Crippen LogP contribution in [0, 0.1) is 10.8 Å². The number of hydrogen-bond donors (Lipinski definition) is 1. The standard InChI is InChI=1S/C11H20N2S/c1-7-6-12-9(14-7)13-8-10(2,3)11(8,4)5/h7-8H,6H2,1-5H3,(H,12,13). The van der Waals surface area contributed by atoms with Crippen LogP contribution < -0.4 is 5.32 Å². The Bertz CT molecular complexity index is 267. The molecule has 0 amide bonds. The summed E-state index contributed by atoms with van der Waals surface area (Å²) in [6, 6.07) is 0.589. The summed E-state index contributed by atoms with van der Waals surface area (Å²) >= 11 is 1.87. The Labute approximate surface area is 90.9 Å². The van der Waals surface area contributed by atoms with E-state index in [0.717, 1.165) is 11.7 Å². The minimum absolute atomic E-state index is 0.405. The Hall–Kier alpha value is -0.180. The molecule has 1 fully saturated rings. The fraction of sp³-hybridized carbons (Fsp3) is 0.909. The molecule has 1 heterocycles. The molecule has 3 heteroatoms. The molecule has 0 radical (unpaired) electrons. The zero-order chi connectivity index (χ0) is 10.6. The van der Waals surface area contributed by atoms with Gasteiger partial charge in [-0.1, -0.05) is 46.4 Å². The first kappa shape index (κ1) is 10.3. The quantitative estimate of drug-likeness (QED) is 0.722. The molecule has 80 valence electrons. The lowest BCUT2D eigenvalue weighted by molar-refractivity contribution is 0.457. The van der Waals surface area contributed by atoms with Crippen molar-refractivity contribution in [3.05, 3.63) is 0 Å². The van der Waals surface area contributed by atoms with Crippen molar-refractivity contribution in [1.29, 1.82) is 0 Å². The highest BCUT2D eigenvalue weighted by molar-refractivity contribution is 8.14. The molecular formula is C11H20N2S. The minimum atomic E-state index is 0.405. The molecule has 2 aliphatic rings. The van der Waals surface area contributed by atoms with E-state index >= 15 is 0 Å². The normalized spacial score (nSPS) is 34.1. The molecule has 1 unspecified atom stereocenters. The van der Waals surface area contributed by atoms with E-state index < -0.39 is 0 Å². The molecule has 1 atom stereocenters. The van der Waals surface area contributed by atoms with Crippen molar-refractivity contribution >= 4 is 16.9 Å². The van der Waals surface area contributed by atoms with E-state index in [4.69, 9.17) is 0 Å². The lowest BCUT2D eigenvalue weighted by Crippen LogP contribution is -2.26. The number of rotatable bonds is 1. The van der Waals surface area contributed by atoms with E-state index in [1.165, 1.54) is 0 Å². The Morgan fingerprint density at radius 3 is 2.21 bits per heavy atom. The Morgan fingerprint density at radius 1 is 1.29 bits per heavy atom. The summed E-state index contributed by atoms with van der Waals surface area (Å²) in [6.07, 6.45) is 0. The van der Waals surface area contributed by atoms with Crippen LogP contribution >= 0.6 is 11.8 Å². The monoisotopic (exact) mass is 212 g/mol. The molecule has 0 aromatic carbocycles. The largest absolute Gasteiger partial charge is 0.361 e. The number of thioether (sulfide) groups is 1. The third-order valence-electron chi connectivity index (χ3n) is 4.09. The second kappa shape index (κ2) is 2.91. The Balaban J connectivity index is 1.95. The van der Waals surface area contributed by atoms with Crippen LogP contribution in [0.15, 0.2) is 4.99 Å². The van der Waals surface area contributed by atoms with Gasteiger partial charge < -0.3 is 5.32 Å². The number of amidine groups is 1. The summed E-state index contributed by atoms with van der Waals surface area (Å²) in [6.45, 7) is 12.5. The third-order valence-corrected chi connectivity index (χ3v) is 5.12. The fourth-order valence-electron chi connectivity index (χ4n) is 2.24. The number of nitrogens with one attached hydrogen (secondary N) is 1. The fourth-order valence-corrected chi connectivity index (χ4v) is 3.10. The van der Waals surface area contributed by atoms with Gasteiger partial charge in [-0.3, -0.25) is 4.99 Å². The maximum Gasteiger partial charge on any atom is 0.157 e. The maximum atomic E-state index is 4.50. The van der Waals surface area contributed by atoms with Gasteiger partial charge in [-0.05, 0) is 10.8 Å². The molecule has 14 heavy (non-hydrogen) atoms. The van der Waals surface area contributed by atoms with Crippen molar-refractivity contribution < 1.29 is 0 Å². The predicted octanol–water partition coefficient (Wildman–Crippen LogP) is 2.50. The van der Waals surface area contributed by atoms with E-state index in [1.54, 1.807) is 0 Å². The average Bonchev–Trinajstić information content (AvgIpc) is 2.47. The molecule has 2 nitrogen and oxygen atoms in total. The zero-order valence-corrected chi connectivity index (χ0v) is 10.5. The van der Waals surface area contributed by atoms with Crippen LogP contribution in [0.1, 0.15) is 34.6 Å². The van der Waals surface area contributed by atoms with Crippen molar-refractivity contribution in [2.24, 2.45) is 15.8 Å². The van der Waals surface area contributed by atoms with Crippen LogP contribution in [0.5, 0.6) is 0 Å². The zero-order valence-electron chi connectivity index (χ0n) is 9.72. The molecule has 0 aromatic heterocycles. The van der Waals surface area contributed by atoms with Crippen molar-refractivity contribution in [2.45, 2.75) is 45.9 Å². The molecule has 0 aromatic rings. The molecule has 2 rings (SSSR count). The van der Waals surface area contributed by atoms with Gasteiger partial charge in [0.05, 0.1) is 6.54 Å². The second-order valence-corrected chi connectivity index (χ2v) is 7.02. The highest BCUT2D eigenvalue weighted by Crippen LogP contribution is 2.62. The van der Waals surface area contributed by atoms with Gasteiger partial charge in [0.25, 0.3) is 0 Å².